The number of imidazole rings is 1. The summed E-state index contributed by atoms with van der Waals surface area (Å²) >= 11 is 0. The van der Waals surface area contributed by atoms with E-state index >= 15 is 0 Å². The number of aryl methyl sites for hydroxylation is 1. The average molecular weight is 216 g/mol. The van der Waals surface area contributed by atoms with E-state index in [1.54, 1.807) is 6.33 Å². The van der Waals surface area contributed by atoms with Crippen LogP contribution < -0.4 is 0 Å². The summed E-state index contributed by atoms with van der Waals surface area (Å²) in [5.41, 5.74) is 2.01. The van der Waals surface area contributed by atoms with Gasteiger partial charge in [0.05, 0.1) is 18.2 Å². The molecule has 0 radical (unpaired) electrons. The van der Waals surface area contributed by atoms with Crippen molar-refractivity contribution in [1.82, 2.24) is 19.5 Å². The lowest BCUT2D eigenvalue weighted by molar-refractivity contribution is 0.545. The first-order valence-electron chi connectivity index (χ1n) is 5.28. The first kappa shape index (κ1) is 10.8. The molecule has 2 aromatic heterocycles. The van der Waals surface area contributed by atoms with Gasteiger partial charge in [-0.05, 0) is 0 Å². The Morgan fingerprint density at radius 1 is 1.06 bits per heavy atom. The van der Waals surface area contributed by atoms with Gasteiger partial charge in [-0.3, -0.25) is 0 Å². The Hall–Kier alpha value is -1.71. The van der Waals surface area contributed by atoms with Gasteiger partial charge in [0, 0.05) is 30.4 Å². The maximum atomic E-state index is 4.39. The van der Waals surface area contributed by atoms with Crippen LogP contribution in [-0.4, -0.2) is 19.5 Å². The van der Waals surface area contributed by atoms with Crippen LogP contribution >= 0.6 is 0 Å². The summed E-state index contributed by atoms with van der Waals surface area (Å²) in [5.74, 6) is 0.860. The summed E-state index contributed by atoms with van der Waals surface area (Å²) < 4.78 is 1.95. The first-order valence-corrected chi connectivity index (χ1v) is 5.28. The molecule has 4 nitrogen and oxygen atoms in total. The summed E-state index contributed by atoms with van der Waals surface area (Å²) in [5, 5.41) is 0. The quantitative estimate of drug-likeness (QED) is 0.733. The highest BCUT2D eigenvalue weighted by atomic mass is 15.0. The Morgan fingerprint density at radius 3 is 2.12 bits per heavy atom. The van der Waals surface area contributed by atoms with E-state index in [9.17, 15) is 0 Å². The molecule has 0 amide bonds. The van der Waals surface area contributed by atoms with Gasteiger partial charge in [0.2, 0.25) is 0 Å². The summed E-state index contributed by atoms with van der Waals surface area (Å²) in [6, 6.07) is 0. The van der Waals surface area contributed by atoms with Crippen molar-refractivity contribution in [3.05, 3.63) is 30.7 Å². The molecule has 0 spiro atoms. The summed E-state index contributed by atoms with van der Waals surface area (Å²) in [6.07, 6.45) is 7.29. The molecule has 16 heavy (non-hydrogen) atoms. The van der Waals surface area contributed by atoms with E-state index in [0.717, 1.165) is 17.1 Å². The van der Waals surface area contributed by atoms with Gasteiger partial charge in [-0.2, -0.15) is 0 Å². The second-order valence-electron chi connectivity index (χ2n) is 4.94. The fourth-order valence-corrected chi connectivity index (χ4v) is 1.48. The molecule has 0 fully saturated rings. The fourth-order valence-electron chi connectivity index (χ4n) is 1.48. The highest BCUT2D eigenvalue weighted by Gasteiger charge is 2.17. The van der Waals surface area contributed by atoms with Gasteiger partial charge in [0.25, 0.3) is 0 Å². The van der Waals surface area contributed by atoms with Crippen LogP contribution in [0.3, 0.4) is 0 Å². The largest absolute Gasteiger partial charge is 0.334 e. The van der Waals surface area contributed by atoms with E-state index in [4.69, 9.17) is 0 Å². The van der Waals surface area contributed by atoms with Crippen molar-refractivity contribution in [3.63, 3.8) is 0 Å². The SMILES string of the molecule is Cn1cncc1-c1cnc(C(C)(C)C)nc1. The number of rotatable bonds is 1. The third-order valence-corrected chi connectivity index (χ3v) is 2.44. The van der Waals surface area contributed by atoms with Crippen molar-refractivity contribution in [1.29, 1.82) is 0 Å². The van der Waals surface area contributed by atoms with Crippen molar-refractivity contribution in [2.75, 3.05) is 0 Å². The highest BCUT2D eigenvalue weighted by Crippen LogP contribution is 2.20. The zero-order valence-corrected chi connectivity index (χ0v) is 10.1. The molecule has 4 heteroatoms. The van der Waals surface area contributed by atoms with Gasteiger partial charge in [-0.15, -0.1) is 0 Å². The molecule has 0 aliphatic carbocycles. The van der Waals surface area contributed by atoms with Crippen molar-refractivity contribution in [3.8, 4) is 11.3 Å². The monoisotopic (exact) mass is 216 g/mol. The summed E-state index contributed by atoms with van der Waals surface area (Å²) in [4.78, 5) is 12.9. The van der Waals surface area contributed by atoms with E-state index in [0.29, 0.717) is 0 Å². The smallest absolute Gasteiger partial charge is 0.133 e. The Labute approximate surface area is 95.4 Å². The summed E-state index contributed by atoms with van der Waals surface area (Å²) in [7, 11) is 1.96. The van der Waals surface area contributed by atoms with Crippen LogP contribution in [0.25, 0.3) is 11.3 Å². The van der Waals surface area contributed by atoms with Gasteiger partial charge in [-0.1, -0.05) is 20.8 Å². The predicted molar refractivity (Wildman–Crippen MR) is 62.9 cm³/mol. The van der Waals surface area contributed by atoms with Crippen molar-refractivity contribution >= 4 is 0 Å². The number of hydrogen-bond donors (Lipinski definition) is 0. The molecule has 0 aromatic carbocycles. The molecule has 0 unspecified atom stereocenters. The van der Waals surface area contributed by atoms with E-state index < -0.39 is 0 Å². The zero-order valence-electron chi connectivity index (χ0n) is 10.1. The van der Waals surface area contributed by atoms with E-state index in [-0.39, 0.29) is 5.41 Å². The highest BCUT2D eigenvalue weighted by molar-refractivity contribution is 5.56. The molecule has 2 rings (SSSR count). The Balaban J connectivity index is 2.37. The van der Waals surface area contributed by atoms with Gasteiger partial charge >= 0.3 is 0 Å². The minimum atomic E-state index is -0.00894. The lowest BCUT2D eigenvalue weighted by Gasteiger charge is -2.16. The standard InChI is InChI=1S/C12H16N4/c1-12(2,3)11-14-5-9(6-15-11)10-7-13-8-16(10)4/h5-8H,1-4H3. The second kappa shape index (κ2) is 3.70. The molecular formula is C12H16N4. The van der Waals surface area contributed by atoms with Crippen LogP contribution in [0.2, 0.25) is 0 Å². The normalized spacial score (nSPS) is 11.8. The predicted octanol–water partition coefficient (Wildman–Crippen LogP) is 2.17. The topological polar surface area (TPSA) is 43.6 Å². The van der Waals surface area contributed by atoms with Gasteiger partial charge < -0.3 is 4.57 Å². The maximum absolute atomic E-state index is 4.39. The van der Waals surface area contributed by atoms with Crippen LogP contribution in [0.15, 0.2) is 24.9 Å². The van der Waals surface area contributed by atoms with Crippen LogP contribution in [0.1, 0.15) is 26.6 Å². The van der Waals surface area contributed by atoms with E-state index in [2.05, 4.69) is 35.7 Å². The second-order valence-corrected chi connectivity index (χ2v) is 4.94. The third kappa shape index (κ3) is 1.96. The Kier molecular flexibility index (Phi) is 2.50. The minimum Gasteiger partial charge on any atom is -0.334 e. The Bertz CT molecular complexity index is 476. The lowest BCUT2D eigenvalue weighted by Crippen LogP contribution is -2.15. The number of nitrogens with zero attached hydrogens (tertiary/aromatic N) is 4. The van der Waals surface area contributed by atoms with Crippen molar-refractivity contribution in [2.45, 2.75) is 26.2 Å². The van der Waals surface area contributed by atoms with Crippen molar-refractivity contribution in [2.24, 2.45) is 7.05 Å². The van der Waals surface area contributed by atoms with Gasteiger partial charge in [0.1, 0.15) is 5.82 Å². The van der Waals surface area contributed by atoms with Crippen LogP contribution in [0.4, 0.5) is 0 Å². The van der Waals surface area contributed by atoms with Crippen LogP contribution in [0, 0.1) is 0 Å². The average Bonchev–Trinajstić information content (AvgIpc) is 2.63. The molecule has 0 N–H and O–H groups in total. The first-order chi connectivity index (χ1) is 7.48. The molecule has 0 bridgehead atoms. The van der Waals surface area contributed by atoms with Gasteiger partial charge in [0.15, 0.2) is 0 Å². The lowest BCUT2D eigenvalue weighted by atomic mass is 9.96. The zero-order chi connectivity index (χ0) is 11.8. The molecule has 2 heterocycles. The molecule has 84 valence electrons. The summed E-state index contributed by atoms with van der Waals surface area (Å²) in [6.45, 7) is 6.31. The number of hydrogen-bond acceptors (Lipinski definition) is 3. The van der Waals surface area contributed by atoms with Crippen LogP contribution in [0.5, 0.6) is 0 Å². The van der Waals surface area contributed by atoms with Crippen molar-refractivity contribution < 1.29 is 0 Å². The van der Waals surface area contributed by atoms with E-state index in [1.807, 2.05) is 30.2 Å². The molecule has 0 saturated heterocycles. The maximum Gasteiger partial charge on any atom is 0.133 e. The molecule has 0 aliphatic rings. The number of aromatic nitrogens is 4. The molecule has 0 atom stereocenters. The fraction of sp³-hybridized carbons (Fsp3) is 0.417. The van der Waals surface area contributed by atoms with E-state index in [1.165, 1.54) is 0 Å². The van der Waals surface area contributed by atoms with Gasteiger partial charge in [-0.25, -0.2) is 15.0 Å². The van der Waals surface area contributed by atoms with Crippen LogP contribution in [-0.2, 0) is 12.5 Å². The molecule has 0 saturated carbocycles. The molecule has 0 aliphatic heterocycles. The minimum absolute atomic E-state index is 0.00894. The Morgan fingerprint density at radius 2 is 1.69 bits per heavy atom. The third-order valence-electron chi connectivity index (χ3n) is 2.44. The molecular weight excluding hydrogens is 200 g/mol. The molecule has 2 aromatic rings.